The fourth-order valence-electron chi connectivity index (χ4n) is 1.95. The molecule has 19 heavy (non-hydrogen) atoms. The Morgan fingerprint density at radius 2 is 1.84 bits per heavy atom. The normalized spacial score (nSPS) is 15.9. The van der Waals surface area contributed by atoms with Crippen LogP contribution in [0.4, 0.5) is 4.79 Å². The smallest absolute Gasteiger partial charge is 0.328 e. The number of methoxy groups -OCH3 is 1. The number of amides is 4. The van der Waals surface area contributed by atoms with Crippen LogP contribution in [-0.4, -0.2) is 25.0 Å². The molecule has 1 aliphatic rings. The van der Waals surface area contributed by atoms with Gasteiger partial charge in [0.2, 0.25) is 11.8 Å². The van der Waals surface area contributed by atoms with Gasteiger partial charge in [0.1, 0.15) is 11.7 Å². The summed E-state index contributed by atoms with van der Waals surface area (Å²) in [6, 6.07) is 6.66. The van der Waals surface area contributed by atoms with Crippen molar-refractivity contribution in [1.29, 1.82) is 0 Å². The number of carbonyl (C=O) groups is 3. The fourth-order valence-corrected chi connectivity index (χ4v) is 1.95. The van der Waals surface area contributed by atoms with Crippen LogP contribution in [0, 0.1) is 5.92 Å². The molecule has 1 fully saturated rings. The highest BCUT2D eigenvalue weighted by Gasteiger charge is 2.33. The number of barbiturate groups is 1. The highest BCUT2D eigenvalue weighted by molar-refractivity contribution is 6.16. The minimum absolute atomic E-state index is 0.345. The van der Waals surface area contributed by atoms with Gasteiger partial charge in [0.25, 0.3) is 0 Å². The van der Waals surface area contributed by atoms with Crippen LogP contribution in [0.2, 0.25) is 0 Å². The lowest BCUT2D eigenvalue weighted by atomic mass is 9.96. The first-order chi connectivity index (χ1) is 9.10. The van der Waals surface area contributed by atoms with Crippen molar-refractivity contribution < 1.29 is 19.1 Å². The van der Waals surface area contributed by atoms with E-state index in [9.17, 15) is 14.4 Å². The quantitative estimate of drug-likeness (QED) is 0.779. The van der Waals surface area contributed by atoms with E-state index in [0.717, 1.165) is 11.3 Å². The Kier molecular flexibility index (Phi) is 3.79. The first kappa shape index (κ1) is 13.1. The summed E-state index contributed by atoms with van der Waals surface area (Å²) >= 11 is 0. The number of hydrogen-bond donors (Lipinski definition) is 2. The van der Waals surface area contributed by atoms with E-state index in [2.05, 4.69) is 10.6 Å². The molecule has 1 aromatic rings. The van der Waals surface area contributed by atoms with Crippen LogP contribution >= 0.6 is 0 Å². The molecule has 0 aliphatic carbocycles. The van der Waals surface area contributed by atoms with Gasteiger partial charge in [-0.2, -0.15) is 0 Å². The molecule has 2 rings (SSSR count). The highest BCUT2D eigenvalue weighted by Crippen LogP contribution is 2.17. The standard InChI is InChI=1S/C13H14N2O4/c1-19-9-4-2-3-8(7-9)5-6-10-11(16)14-13(18)15-12(10)17/h2-4,7,10H,5-6H2,1H3,(H2,14,15,16,17,18). The van der Waals surface area contributed by atoms with Crippen molar-refractivity contribution in [3.05, 3.63) is 29.8 Å². The van der Waals surface area contributed by atoms with Crippen LogP contribution < -0.4 is 15.4 Å². The third kappa shape index (κ3) is 3.09. The maximum atomic E-state index is 11.5. The van der Waals surface area contributed by atoms with Crippen molar-refractivity contribution in [3.8, 4) is 5.75 Å². The minimum Gasteiger partial charge on any atom is -0.497 e. The van der Waals surface area contributed by atoms with E-state index in [4.69, 9.17) is 4.74 Å². The van der Waals surface area contributed by atoms with Gasteiger partial charge >= 0.3 is 6.03 Å². The topological polar surface area (TPSA) is 84.5 Å². The second-order valence-electron chi connectivity index (χ2n) is 4.25. The molecule has 6 nitrogen and oxygen atoms in total. The summed E-state index contributed by atoms with van der Waals surface area (Å²) in [6.07, 6.45) is 0.898. The summed E-state index contributed by atoms with van der Waals surface area (Å²) in [5, 5.41) is 4.17. The zero-order chi connectivity index (χ0) is 13.8. The molecule has 1 aromatic carbocycles. The van der Waals surface area contributed by atoms with E-state index in [-0.39, 0.29) is 0 Å². The Morgan fingerprint density at radius 3 is 2.47 bits per heavy atom. The number of hydrogen-bond acceptors (Lipinski definition) is 4. The molecule has 6 heteroatoms. The van der Waals surface area contributed by atoms with E-state index in [1.54, 1.807) is 7.11 Å². The first-order valence-electron chi connectivity index (χ1n) is 5.89. The first-order valence-corrected chi connectivity index (χ1v) is 5.89. The Hall–Kier alpha value is -2.37. The van der Waals surface area contributed by atoms with E-state index in [1.807, 2.05) is 24.3 Å². The Labute approximate surface area is 110 Å². The number of nitrogens with one attached hydrogen (secondary N) is 2. The third-order valence-corrected chi connectivity index (χ3v) is 2.96. The lowest BCUT2D eigenvalue weighted by molar-refractivity contribution is -0.136. The average molecular weight is 262 g/mol. The SMILES string of the molecule is COc1cccc(CCC2C(=O)NC(=O)NC2=O)c1. The van der Waals surface area contributed by atoms with Crippen molar-refractivity contribution in [2.45, 2.75) is 12.8 Å². The van der Waals surface area contributed by atoms with Gasteiger partial charge in [-0.15, -0.1) is 0 Å². The van der Waals surface area contributed by atoms with Gasteiger partial charge in [-0.25, -0.2) is 4.79 Å². The monoisotopic (exact) mass is 262 g/mol. The van der Waals surface area contributed by atoms with E-state index in [1.165, 1.54) is 0 Å². The van der Waals surface area contributed by atoms with Crippen LogP contribution in [-0.2, 0) is 16.0 Å². The number of ether oxygens (including phenoxy) is 1. The van der Waals surface area contributed by atoms with Gasteiger partial charge < -0.3 is 4.74 Å². The number of benzene rings is 1. The maximum absolute atomic E-state index is 11.5. The summed E-state index contributed by atoms with van der Waals surface area (Å²) in [6.45, 7) is 0. The molecule has 0 atom stereocenters. The molecule has 0 bridgehead atoms. The molecule has 0 saturated carbocycles. The van der Waals surface area contributed by atoms with Crippen molar-refractivity contribution in [2.75, 3.05) is 7.11 Å². The molecular weight excluding hydrogens is 248 g/mol. The molecular formula is C13H14N2O4. The van der Waals surface area contributed by atoms with E-state index >= 15 is 0 Å². The van der Waals surface area contributed by atoms with Crippen LogP contribution in [0.15, 0.2) is 24.3 Å². The van der Waals surface area contributed by atoms with Gasteiger partial charge in [0, 0.05) is 0 Å². The number of carbonyl (C=O) groups excluding carboxylic acids is 3. The molecule has 0 aromatic heterocycles. The third-order valence-electron chi connectivity index (χ3n) is 2.96. The highest BCUT2D eigenvalue weighted by atomic mass is 16.5. The Bertz CT molecular complexity index is 507. The zero-order valence-electron chi connectivity index (χ0n) is 10.4. The number of rotatable bonds is 4. The summed E-state index contributed by atoms with van der Waals surface area (Å²) in [7, 11) is 1.58. The molecule has 0 unspecified atom stereocenters. The summed E-state index contributed by atoms with van der Waals surface area (Å²) in [4.78, 5) is 34.0. The Morgan fingerprint density at radius 1 is 1.16 bits per heavy atom. The molecule has 1 aliphatic heterocycles. The number of imide groups is 2. The minimum atomic E-state index is -0.830. The number of aryl methyl sites for hydroxylation is 1. The number of urea groups is 1. The molecule has 0 spiro atoms. The lowest BCUT2D eigenvalue weighted by Crippen LogP contribution is -2.55. The van der Waals surface area contributed by atoms with Crippen molar-refractivity contribution in [1.82, 2.24) is 10.6 Å². The van der Waals surface area contributed by atoms with Crippen molar-refractivity contribution >= 4 is 17.8 Å². The predicted molar refractivity (Wildman–Crippen MR) is 66.5 cm³/mol. The second-order valence-corrected chi connectivity index (χ2v) is 4.25. The van der Waals surface area contributed by atoms with Gasteiger partial charge in [0.05, 0.1) is 7.11 Å². The van der Waals surface area contributed by atoms with Crippen LogP contribution in [0.3, 0.4) is 0 Å². The van der Waals surface area contributed by atoms with Gasteiger partial charge in [-0.3, -0.25) is 20.2 Å². The average Bonchev–Trinajstić information content (AvgIpc) is 2.37. The molecule has 1 heterocycles. The Balaban J connectivity index is 1.99. The molecule has 4 amide bonds. The lowest BCUT2D eigenvalue weighted by Gasteiger charge is -2.20. The molecule has 100 valence electrons. The largest absolute Gasteiger partial charge is 0.497 e. The molecule has 2 N–H and O–H groups in total. The van der Waals surface area contributed by atoms with Gasteiger partial charge in [-0.1, -0.05) is 12.1 Å². The van der Waals surface area contributed by atoms with Crippen LogP contribution in [0.1, 0.15) is 12.0 Å². The summed E-state index contributed by atoms with van der Waals surface area (Å²) < 4.78 is 5.10. The summed E-state index contributed by atoms with van der Waals surface area (Å²) in [5.41, 5.74) is 0.969. The van der Waals surface area contributed by atoms with Gasteiger partial charge in [0.15, 0.2) is 0 Å². The van der Waals surface area contributed by atoms with Crippen LogP contribution in [0.25, 0.3) is 0 Å². The molecule has 0 radical (unpaired) electrons. The van der Waals surface area contributed by atoms with E-state index < -0.39 is 23.8 Å². The summed E-state index contributed by atoms with van der Waals surface area (Å²) in [5.74, 6) is -1.19. The van der Waals surface area contributed by atoms with E-state index in [0.29, 0.717) is 12.8 Å². The van der Waals surface area contributed by atoms with Crippen LogP contribution in [0.5, 0.6) is 5.75 Å². The maximum Gasteiger partial charge on any atom is 0.328 e. The van der Waals surface area contributed by atoms with Crippen molar-refractivity contribution in [2.24, 2.45) is 5.92 Å². The van der Waals surface area contributed by atoms with Gasteiger partial charge in [-0.05, 0) is 30.5 Å². The fraction of sp³-hybridized carbons (Fsp3) is 0.308. The molecule has 1 saturated heterocycles. The predicted octanol–water partition coefficient (Wildman–Crippen LogP) is 0.610. The van der Waals surface area contributed by atoms with Crippen molar-refractivity contribution in [3.63, 3.8) is 0 Å². The second kappa shape index (κ2) is 5.51. The zero-order valence-corrected chi connectivity index (χ0v) is 10.4.